The molecule has 0 amide bonds. The SMILES string of the molecule is [CH2-]CCCN1/C(=C/C=C2\CCCC(/C=C/C3N(CCCCS(=O)(=O)[O-])c4ccc5cc(S(=O)(=O)[O-])ccc5c4C3(C)C)=C2Cl)C(C)(C)c2c1ccc1c[c-]ccc21.[Na+].[Na+].[Na+]. The molecule has 0 N–H and O–H groups in total. The van der Waals surface area contributed by atoms with Crippen molar-refractivity contribution in [3.05, 3.63) is 131 Å². The van der Waals surface area contributed by atoms with Gasteiger partial charge in [-0.2, -0.15) is 30.7 Å². The molecule has 0 fully saturated rings. The molecule has 1 unspecified atom stereocenters. The quantitative estimate of drug-likeness (QED) is 0.0894. The van der Waals surface area contributed by atoms with Crippen LogP contribution in [0, 0.1) is 13.0 Å². The van der Waals surface area contributed by atoms with Crippen molar-refractivity contribution in [3.63, 3.8) is 0 Å². The number of hydrogen-bond donors (Lipinski definition) is 0. The van der Waals surface area contributed by atoms with Crippen molar-refractivity contribution in [3.8, 4) is 0 Å². The molecule has 8 nitrogen and oxygen atoms in total. The monoisotopic (exact) mass is 893 g/mol. The average Bonchev–Trinajstić information content (AvgIpc) is 3.51. The Hall–Kier alpha value is -0.930. The molecule has 4 aromatic rings. The second-order valence-electron chi connectivity index (χ2n) is 16.5. The molecule has 2 heterocycles. The number of allylic oxidation sites excluding steroid dienone is 7. The molecule has 302 valence electrons. The summed E-state index contributed by atoms with van der Waals surface area (Å²) in [7, 11) is -8.97. The number of unbranched alkanes of at least 4 members (excludes halogenated alkanes) is 2. The predicted molar refractivity (Wildman–Crippen MR) is 230 cm³/mol. The minimum atomic E-state index is -4.64. The van der Waals surface area contributed by atoms with Crippen LogP contribution in [0.3, 0.4) is 0 Å². The van der Waals surface area contributed by atoms with Gasteiger partial charge in [0.2, 0.25) is 0 Å². The maximum Gasteiger partial charge on any atom is 1.00 e. The Balaban J connectivity index is 0.00000265. The van der Waals surface area contributed by atoms with Crippen LogP contribution < -0.4 is 98.5 Å². The van der Waals surface area contributed by atoms with E-state index in [1.54, 1.807) is 6.07 Å². The Morgan fingerprint density at radius 1 is 0.850 bits per heavy atom. The van der Waals surface area contributed by atoms with Crippen molar-refractivity contribution in [1.29, 1.82) is 0 Å². The van der Waals surface area contributed by atoms with Gasteiger partial charge in [-0.05, 0) is 95.5 Å². The third-order valence-corrected chi connectivity index (χ3v) is 14.1. The largest absolute Gasteiger partial charge is 1.00 e. The molecule has 0 spiro atoms. The number of nitrogens with zero attached hydrogens (tertiary/aromatic N) is 2. The van der Waals surface area contributed by atoms with Crippen LogP contribution >= 0.6 is 11.6 Å². The molecule has 1 aliphatic carbocycles. The molecule has 60 heavy (non-hydrogen) atoms. The van der Waals surface area contributed by atoms with Crippen molar-refractivity contribution in [2.45, 2.75) is 94.4 Å². The molecule has 0 saturated carbocycles. The number of benzene rings is 4. The number of fused-ring (bicyclic) bond motifs is 6. The maximum absolute atomic E-state index is 11.9. The smallest absolute Gasteiger partial charge is 0.748 e. The summed E-state index contributed by atoms with van der Waals surface area (Å²) in [6.07, 6.45) is 13.9. The van der Waals surface area contributed by atoms with Gasteiger partial charge < -0.3 is 25.8 Å². The van der Waals surface area contributed by atoms with Gasteiger partial charge in [-0.15, -0.1) is 16.8 Å². The third-order valence-electron chi connectivity index (χ3n) is 12.0. The fourth-order valence-corrected chi connectivity index (χ4v) is 10.7. The Kier molecular flexibility index (Phi) is 17.7. The van der Waals surface area contributed by atoms with E-state index in [0.717, 1.165) is 71.5 Å². The van der Waals surface area contributed by atoms with Crippen LogP contribution in [0.15, 0.2) is 112 Å². The van der Waals surface area contributed by atoms with Gasteiger partial charge in [0.1, 0.15) is 10.1 Å². The first-order valence-electron chi connectivity index (χ1n) is 19.7. The standard InChI is InChI=1S/C46H51ClN2O6S2.3Na/c1-6-7-27-48-38-23-17-31-13-8-9-16-36(31)42(38)45(2,3)40(48)25-19-32-14-12-15-33(44(32)47)20-26-41-46(4,5)43-37-22-21-35(57(53,54)55)30-34(37)18-24-39(43)49(41)28-10-11-29-56(50,51)52;;;/h9,13,16-26,30,41H,1,6-7,10-12,14-15,27-29H2,2-5H3,(H,50,51,52)(H,53,54,55);;;/q-2;3*+1/p-2/b26-20+,32-19+,40-25+;;;. The number of rotatable bonds is 12. The first-order chi connectivity index (χ1) is 26.9. The van der Waals surface area contributed by atoms with E-state index in [9.17, 15) is 25.9 Å². The fourth-order valence-electron chi connectivity index (χ4n) is 9.30. The second-order valence-corrected chi connectivity index (χ2v) is 19.8. The second kappa shape index (κ2) is 20.5. The topological polar surface area (TPSA) is 121 Å². The Bertz CT molecular complexity index is 2600. The van der Waals surface area contributed by atoms with Gasteiger partial charge in [0.05, 0.1) is 21.1 Å². The summed E-state index contributed by atoms with van der Waals surface area (Å²) in [6.45, 7) is 14.4. The summed E-state index contributed by atoms with van der Waals surface area (Å²) in [5.74, 6) is -0.429. The average molecular weight is 894 g/mol. The molecule has 7 rings (SSSR count). The zero-order valence-electron chi connectivity index (χ0n) is 36.0. The van der Waals surface area contributed by atoms with Crippen LogP contribution in [0.1, 0.15) is 83.8 Å². The van der Waals surface area contributed by atoms with Crippen LogP contribution in [0.2, 0.25) is 0 Å². The van der Waals surface area contributed by atoms with Gasteiger partial charge in [-0.3, -0.25) is 0 Å². The predicted octanol–water partition coefficient (Wildman–Crippen LogP) is 0.956. The molecule has 0 aromatic heterocycles. The first-order valence-corrected chi connectivity index (χ1v) is 23.0. The summed E-state index contributed by atoms with van der Waals surface area (Å²) in [4.78, 5) is 4.40. The molecule has 3 aliphatic rings. The van der Waals surface area contributed by atoms with E-state index in [0.29, 0.717) is 18.4 Å². The molecule has 1 atom stereocenters. The Morgan fingerprint density at radius 3 is 2.25 bits per heavy atom. The zero-order chi connectivity index (χ0) is 40.9. The van der Waals surface area contributed by atoms with E-state index in [1.807, 2.05) is 24.3 Å². The van der Waals surface area contributed by atoms with Crippen LogP contribution in [0.25, 0.3) is 21.5 Å². The minimum absolute atomic E-state index is 0. The Labute approximate surface area is 428 Å². The van der Waals surface area contributed by atoms with Gasteiger partial charge in [-0.1, -0.05) is 76.1 Å². The van der Waals surface area contributed by atoms with Crippen molar-refractivity contribution < 1.29 is 115 Å². The summed E-state index contributed by atoms with van der Waals surface area (Å²) < 4.78 is 69.8. The molecular formula is C46H49ClN2Na3O6S2-. The van der Waals surface area contributed by atoms with E-state index >= 15 is 0 Å². The van der Waals surface area contributed by atoms with E-state index in [4.69, 9.17) is 11.6 Å². The minimum Gasteiger partial charge on any atom is -0.748 e. The van der Waals surface area contributed by atoms with Crippen LogP contribution in [-0.4, -0.2) is 50.8 Å². The van der Waals surface area contributed by atoms with Crippen molar-refractivity contribution in [1.82, 2.24) is 0 Å². The van der Waals surface area contributed by atoms with Crippen molar-refractivity contribution in [2.75, 3.05) is 28.6 Å². The summed E-state index contributed by atoms with van der Waals surface area (Å²) in [5.41, 5.74) is 7.11. The van der Waals surface area contributed by atoms with E-state index in [1.165, 1.54) is 39.9 Å². The molecule has 0 radical (unpaired) electrons. The van der Waals surface area contributed by atoms with E-state index < -0.39 is 31.4 Å². The molecule has 14 heteroatoms. The third kappa shape index (κ3) is 10.4. The number of hydrogen-bond acceptors (Lipinski definition) is 8. The number of halogens is 1. The molecule has 0 saturated heterocycles. The summed E-state index contributed by atoms with van der Waals surface area (Å²) >= 11 is 7.28. The van der Waals surface area contributed by atoms with Crippen molar-refractivity contribution >= 4 is 64.8 Å². The van der Waals surface area contributed by atoms with Gasteiger partial charge in [-0.25, -0.2) is 16.8 Å². The van der Waals surface area contributed by atoms with Crippen molar-refractivity contribution in [2.24, 2.45) is 0 Å². The van der Waals surface area contributed by atoms with Gasteiger partial charge in [0.25, 0.3) is 0 Å². The van der Waals surface area contributed by atoms with E-state index in [-0.39, 0.29) is 111 Å². The molecule has 0 bridgehead atoms. The van der Waals surface area contributed by atoms with E-state index in [2.05, 4.69) is 93.0 Å². The summed E-state index contributed by atoms with van der Waals surface area (Å²) in [5, 5.41) is 4.65. The first kappa shape index (κ1) is 51.7. The molecule has 2 aliphatic heterocycles. The van der Waals surface area contributed by atoms with Gasteiger partial charge >= 0.3 is 88.7 Å². The maximum atomic E-state index is 11.9. The number of anilines is 2. The zero-order valence-corrected chi connectivity index (χ0v) is 44.4. The van der Waals surface area contributed by atoms with Crippen LogP contribution in [-0.2, 0) is 31.1 Å². The molecule has 4 aromatic carbocycles. The molecular weight excluding hydrogens is 845 g/mol. The van der Waals surface area contributed by atoms with Crippen LogP contribution in [0.5, 0.6) is 0 Å². The summed E-state index contributed by atoms with van der Waals surface area (Å²) in [6, 6.07) is 21.9. The Morgan fingerprint density at radius 2 is 1.55 bits per heavy atom. The van der Waals surface area contributed by atoms with Gasteiger partial charge in [0, 0.05) is 51.8 Å². The fraction of sp³-hybridized carbons (Fsp3) is 0.370. The van der Waals surface area contributed by atoms with Gasteiger partial charge in [0.15, 0.2) is 0 Å². The normalized spacial score (nSPS) is 19.8. The van der Waals surface area contributed by atoms with Crippen LogP contribution in [0.4, 0.5) is 11.4 Å².